The van der Waals surface area contributed by atoms with Crippen LogP contribution in [0.1, 0.15) is 6.92 Å². The van der Waals surface area contributed by atoms with Gasteiger partial charge in [0, 0.05) is 13.0 Å². The fourth-order valence-corrected chi connectivity index (χ4v) is 0.437. The summed E-state index contributed by atoms with van der Waals surface area (Å²) in [5.74, 6) is 0. The lowest BCUT2D eigenvalue weighted by Gasteiger charge is -2.05. The van der Waals surface area contributed by atoms with Crippen LogP contribution < -0.4 is 5.01 Å². The molecule has 0 bridgehead atoms. The minimum Gasteiger partial charge on any atom is -0.310 e. The number of hydrogen-bond donors (Lipinski definition) is 1. The van der Waals surface area contributed by atoms with E-state index in [0.29, 0.717) is 0 Å². The van der Waals surface area contributed by atoms with Gasteiger partial charge in [-0.25, -0.2) is 0 Å². The van der Waals surface area contributed by atoms with Crippen molar-refractivity contribution in [1.29, 1.82) is 0 Å². The van der Waals surface area contributed by atoms with Gasteiger partial charge in [-0.3, -0.25) is 0 Å². The predicted molar refractivity (Wildman–Crippen MR) is 28.6 cm³/mol. The topological polar surface area (TPSA) is 16.8 Å². The molecule has 0 spiro atoms. The van der Waals surface area contributed by atoms with Crippen LogP contribution in [0.15, 0.2) is 16.9 Å². The van der Waals surface area contributed by atoms with Crippen LogP contribution >= 0.6 is 0 Å². The van der Waals surface area contributed by atoms with Crippen molar-refractivity contribution in [3.8, 4) is 0 Å². The minimum absolute atomic E-state index is 0.889. The van der Waals surface area contributed by atoms with Crippen LogP contribution in [0, 0.1) is 7.05 Å². The molecule has 2 nitrogen and oxygen atoms in total. The van der Waals surface area contributed by atoms with Gasteiger partial charge < -0.3 is 5.01 Å². The summed E-state index contributed by atoms with van der Waals surface area (Å²) < 4.78 is 0. The van der Waals surface area contributed by atoms with Crippen molar-refractivity contribution >= 4 is 6.21 Å². The van der Waals surface area contributed by atoms with E-state index < -0.39 is 0 Å². The second-order valence-electron chi connectivity index (χ2n) is 1.57. The number of rotatable bonds is 0. The van der Waals surface area contributed by atoms with E-state index in [9.17, 15) is 0 Å². The third-order valence-electron chi connectivity index (χ3n) is 1.01. The van der Waals surface area contributed by atoms with Crippen LogP contribution in [0.3, 0.4) is 0 Å². The summed E-state index contributed by atoms with van der Waals surface area (Å²) in [7, 11) is 3.67. The molecule has 1 atom stereocenters. The van der Waals surface area contributed by atoms with Crippen molar-refractivity contribution < 1.29 is 5.01 Å². The van der Waals surface area contributed by atoms with Crippen molar-refractivity contribution in [1.82, 2.24) is 0 Å². The maximum atomic E-state index is 3.91. The Hall–Kier alpha value is -0.630. The molecule has 0 saturated carbocycles. The summed E-state index contributed by atoms with van der Waals surface area (Å²) in [5.41, 5.74) is 1.17. The lowest BCUT2D eigenvalue weighted by atomic mass is 10.5. The number of quaternary nitrogens is 1. The molecule has 2 heteroatoms. The Morgan fingerprint density at radius 3 is 2.71 bits per heavy atom. The molecule has 0 amide bonds. The van der Waals surface area contributed by atoms with Crippen LogP contribution in [0.2, 0.25) is 0 Å². The van der Waals surface area contributed by atoms with Crippen molar-refractivity contribution in [3.63, 3.8) is 0 Å². The van der Waals surface area contributed by atoms with E-state index in [2.05, 4.69) is 12.1 Å². The van der Waals surface area contributed by atoms with E-state index >= 15 is 0 Å². The molecular weight excluding hydrogens is 88.1 g/mol. The minimum atomic E-state index is 0.889. The normalized spacial score (nSPS) is 28.3. The predicted octanol–water partition coefficient (Wildman–Crippen LogP) is -0.434. The van der Waals surface area contributed by atoms with E-state index in [1.807, 2.05) is 13.0 Å². The summed E-state index contributed by atoms with van der Waals surface area (Å²) in [5, 5.41) is 4.79. The van der Waals surface area contributed by atoms with Gasteiger partial charge in [0.2, 0.25) is 0 Å². The third kappa shape index (κ3) is 0.695. The zero-order valence-corrected chi connectivity index (χ0v) is 4.31. The van der Waals surface area contributed by atoms with E-state index in [-0.39, 0.29) is 0 Å². The molecule has 1 N–H and O–H groups in total. The van der Waals surface area contributed by atoms with Gasteiger partial charge in [-0.2, -0.15) is 0 Å². The molecule has 0 aromatic rings. The molecule has 0 aromatic carbocycles. The van der Waals surface area contributed by atoms with Gasteiger partial charge in [-0.05, 0) is 0 Å². The van der Waals surface area contributed by atoms with Gasteiger partial charge in [0.1, 0.15) is 5.70 Å². The first-order valence-electron chi connectivity index (χ1n) is 2.21. The fourth-order valence-electron chi connectivity index (χ4n) is 0.437. The zero-order chi connectivity index (χ0) is 5.28. The Balaban J connectivity index is 2.69. The average molecular weight is 96.1 g/mol. The van der Waals surface area contributed by atoms with Crippen LogP contribution in [-0.4, -0.2) is 6.21 Å². The average Bonchev–Trinajstić information content (AvgIpc) is 1.91. The molecule has 0 fully saturated rings. The quantitative estimate of drug-likeness (QED) is 0.394. The molecular formula is C5H8N2. The molecule has 0 radical (unpaired) electrons. The zero-order valence-electron chi connectivity index (χ0n) is 4.31. The molecule has 1 aliphatic heterocycles. The van der Waals surface area contributed by atoms with Crippen molar-refractivity contribution in [2.24, 2.45) is 5.10 Å². The standard InChI is InChI=1S/C5H8N2/c1-5-3-4-6-7(5)2/h3-4,7H,2H2,1H3. The second-order valence-corrected chi connectivity index (χ2v) is 1.57. The highest BCUT2D eigenvalue weighted by Gasteiger charge is 1.98. The van der Waals surface area contributed by atoms with Crippen LogP contribution in [0.5, 0.6) is 0 Å². The van der Waals surface area contributed by atoms with Gasteiger partial charge in [0.15, 0.2) is 0 Å². The molecule has 0 saturated heterocycles. The highest BCUT2D eigenvalue weighted by Crippen LogP contribution is 1.80. The molecule has 1 rings (SSSR count). The Kier molecular flexibility index (Phi) is 0.947. The molecule has 0 aliphatic carbocycles. The monoisotopic (exact) mass is 96.1 g/mol. The maximum absolute atomic E-state index is 3.91. The lowest BCUT2D eigenvalue weighted by molar-refractivity contribution is -0.815. The Morgan fingerprint density at radius 1 is 1.86 bits per heavy atom. The molecule has 1 unspecified atom stereocenters. The first kappa shape index (κ1) is 4.53. The highest BCUT2D eigenvalue weighted by atomic mass is 15.4. The fraction of sp³-hybridized carbons (Fsp3) is 0.200. The van der Waals surface area contributed by atoms with Crippen LogP contribution in [-0.2, 0) is 0 Å². The first-order chi connectivity index (χ1) is 3.30. The van der Waals surface area contributed by atoms with E-state index in [4.69, 9.17) is 0 Å². The van der Waals surface area contributed by atoms with Gasteiger partial charge in [0.25, 0.3) is 0 Å². The molecule has 1 heterocycles. The van der Waals surface area contributed by atoms with Crippen molar-refractivity contribution in [2.45, 2.75) is 6.92 Å². The summed E-state index contributed by atoms with van der Waals surface area (Å²) in [4.78, 5) is 0. The summed E-state index contributed by atoms with van der Waals surface area (Å²) in [6.07, 6.45) is 3.71. The molecule has 7 heavy (non-hydrogen) atoms. The van der Waals surface area contributed by atoms with Gasteiger partial charge in [0.05, 0.1) is 6.21 Å². The summed E-state index contributed by atoms with van der Waals surface area (Å²) in [6, 6.07) is 0. The number of nitrogens with one attached hydrogen (secondary N) is 1. The lowest BCUT2D eigenvalue weighted by Crippen LogP contribution is -2.98. The Bertz CT molecular complexity index is 124. The van der Waals surface area contributed by atoms with E-state index in [0.717, 1.165) is 5.01 Å². The van der Waals surface area contributed by atoms with Crippen molar-refractivity contribution in [2.75, 3.05) is 0 Å². The molecule has 1 aliphatic rings. The first-order valence-corrected chi connectivity index (χ1v) is 2.21. The van der Waals surface area contributed by atoms with E-state index in [1.54, 1.807) is 6.21 Å². The third-order valence-corrected chi connectivity index (χ3v) is 1.01. The van der Waals surface area contributed by atoms with Crippen molar-refractivity contribution in [3.05, 3.63) is 18.8 Å². The largest absolute Gasteiger partial charge is 0.310 e. The van der Waals surface area contributed by atoms with E-state index in [1.165, 1.54) is 5.70 Å². The number of hydrogen-bond acceptors (Lipinski definition) is 1. The van der Waals surface area contributed by atoms with Gasteiger partial charge in [-0.1, -0.05) is 0 Å². The smallest absolute Gasteiger partial charge is 0.105 e. The second kappa shape index (κ2) is 1.46. The highest BCUT2D eigenvalue weighted by molar-refractivity contribution is 5.71. The van der Waals surface area contributed by atoms with Crippen LogP contribution in [0.25, 0.3) is 0 Å². The maximum Gasteiger partial charge on any atom is 0.105 e. The Labute approximate surface area is 43.1 Å². The SMILES string of the molecule is [CH2-][NH+]1N=CC=C1C. The molecule has 0 aromatic heterocycles. The number of allylic oxidation sites excluding steroid dienone is 2. The van der Waals surface area contributed by atoms with Crippen LogP contribution in [0.4, 0.5) is 0 Å². The van der Waals surface area contributed by atoms with Gasteiger partial charge in [-0.15, -0.1) is 12.1 Å². The Morgan fingerprint density at radius 2 is 2.57 bits per heavy atom. The number of nitrogens with zero attached hydrogens (tertiary/aromatic N) is 1. The van der Waals surface area contributed by atoms with Gasteiger partial charge >= 0.3 is 0 Å². The summed E-state index contributed by atoms with van der Waals surface area (Å²) >= 11 is 0. The summed E-state index contributed by atoms with van der Waals surface area (Å²) in [6.45, 7) is 2.00. The molecule has 38 valence electrons.